The molecule has 0 heterocycles. The van der Waals surface area contributed by atoms with Crippen LogP contribution in [0.15, 0.2) is 0 Å². The lowest BCUT2D eigenvalue weighted by atomic mass is 9.98. The molecule has 1 fully saturated rings. The molecule has 2 unspecified atom stereocenters. The van der Waals surface area contributed by atoms with Crippen LogP contribution in [0.4, 0.5) is 0 Å². The smallest absolute Gasteiger partial charge is 0.327 e. The molecular formula is C10H13NO4. The molecule has 82 valence electrons. The molecule has 0 N–H and O–H groups in total. The molecule has 0 spiro atoms. The molecule has 0 amide bonds. The van der Waals surface area contributed by atoms with Crippen LogP contribution in [-0.4, -0.2) is 26.2 Å². The summed E-state index contributed by atoms with van der Waals surface area (Å²) in [5.74, 6) is -1.97. The molecule has 0 saturated heterocycles. The van der Waals surface area contributed by atoms with Gasteiger partial charge < -0.3 is 9.47 Å². The predicted molar refractivity (Wildman–Crippen MR) is 49.3 cm³/mol. The number of methoxy groups -OCH3 is 2. The molecule has 5 heteroatoms. The second kappa shape index (κ2) is 3.23. The molecule has 0 radical (unpaired) electrons. The Balaban J connectivity index is 3.11. The van der Waals surface area contributed by atoms with E-state index in [1.54, 1.807) is 13.8 Å². The molecule has 1 saturated carbocycles. The summed E-state index contributed by atoms with van der Waals surface area (Å²) in [5.41, 5.74) is -2.13. The topological polar surface area (TPSA) is 76.4 Å². The minimum atomic E-state index is -1.39. The van der Waals surface area contributed by atoms with E-state index in [2.05, 4.69) is 9.47 Å². The summed E-state index contributed by atoms with van der Waals surface area (Å²) >= 11 is 0. The Morgan fingerprint density at radius 3 is 2.13 bits per heavy atom. The van der Waals surface area contributed by atoms with Crippen LogP contribution >= 0.6 is 0 Å². The van der Waals surface area contributed by atoms with Crippen LogP contribution in [0.2, 0.25) is 0 Å². The van der Waals surface area contributed by atoms with Gasteiger partial charge in [-0.15, -0.1) is 0 Å². The zero-order valence-electron chi connectivity index (χ0n) is 9.16. The first-order valence-electron chi connectivity index (χ1n) is 4.47. The lowest BCUT2D eigenvalue weighted by Gasteiger charge is -2.07. The monoisotopic (exact) mass is 211 g/mol. The maximum atomic E-state index is 11.5. The van der Waals surface area contributed by atoms with Gasteiger partial charge in [0.15, 0.2) is 5.41 Å². The quantitative estimate of drug-likeness (QED) is 0.621. The zero-order chi connectivity index (χ0) is 11.9. The average Bonchev–Trinajstić information content (AvgIpc) is 2.73. The third-order valence-electron chi connectivity index (χ3n) is 3.21. The third-order valence-corrected chi connectivity index (χ3v) is 3.21. The van der Waals surface area contributed by atoms with Gasteiger partial charge in [-0.1, -0.05) is 13.8 Å². The van der Waals surface area contributed by atoms with Crippen LogP contribution in [0.5, 0.6) is 0 Å². The summed E-state index contributed by atoms with van der Waals surface area (Å²) < 4.78 is 9.12. The van der Waals surface area contributed by atoms with Crippen LogP contribution in [-0.2, 0) is 19.1 Å². The van der Waals surface area contributed by atoms with Crippen LogP contribution in [0.1, 0.15) is 13.8 Å². The van der Waals surface area contributed by atoms with E-state index in [4.69, 9.17) is 5.26 Å². The van der Waals surface area contributed by atoms with Gasteiger partial charge in [0.25, 0.3) is 0 Å². The number of nitriles is 1. The summed E-state index contributed by atoms with van der Waals surface area (Å²) in [4.78, 5) is 22.9. The highest BCUT2D eigenvalue weighted by Crippen LogP contribution is 2.69. The normalized spacial score (nSPS) is 31.3. The molecule has 15 heavy (non-hydrogen) atoms. The molecule has 1 rings (SSSR count). The molecule has 1 aliphatic rings. The Kier molecular flexibility index (Phi) is 2.48. The van der Waals surface area contributed by atoms with Crippen molar-refractivity contribution in [2.24, 2.45) is 16.7 Å². The van der Waals surface area contributed by atoms with Crippen LogP contribution in [0.25, 0.3) is 0 Å². The van der Waals surface area contributed by atoms with Gasteiger partial charge in [0.05, 0.1) is 26.2 Å². The minimum absolute atomic E-state index is 0.549. The third kappa shape index (κ3) is 1.14. The molecule has 0 aromatic rings. The first-order valence-corrected chi connectivity index (χ1v) is 4.47. The van der Waals surface area contributed by atoms with E-state index >= 15 is 0 Å². The number of nitrogens with zero attached hydrogens (tertiary/aromatic N) is 1. The minimum Gasteiger partial charge on any atom is -0.469 e. The number of carbonyl (C=O) groups is 2. The van der Waals surface area contributed by atoms with E-state index < -0.39 is 28.7 Å². The average molecular weight is 211 g/mol. The highest BCUT2D eigenvalue weighted by atomic mass is 16.5. The van der Waals surface area contributed by atoms with Crippen LogP contribution < -0.4 is 0 Å². The second-order valence-corrected chi connectivity index (χ2v) is 4.09. The molecule has 0 aromatic heterocycles. The van der Waals surface area contributed by atoms with Gasteiger partial charge in [-0.3, -0.25) is 9.59 Å². The summed E-state index contributed by atoms with van der Waals surface area (Å²) in [7, 11) is 2.43. The first kappa shape index (κ1) is 11.5. The fourth-order valence-electron chi connectivity index (χ4n) is 2.15. The van der Waals surface area contributed by atoms with Gasteiger partial charge in [-0.05, 0) is 0 Å². The Labute approximate surface area is 88.0 Å². The Hall–Kier alpha value is -1.57. The van der Waals surface area contributed by atoms with Crippen molar-refractivity contribution in [1.82, 2.24) is 0 Å². The predicted octanol–water partition coefficient (Wildman–Crippen LogP) is 0.498. The highest BCUT2D eigenvalue weighted by Gasteiger charge is 2.81. The van der Waals surface area contributed by atoms with Crippen LogP contribution in [0, 0.1) is 28.1 Å². The van der Waals surface area contributed by atoms with Crippen molar-refractivity contribution < 1.29 is 19.1 Å². The van der Waals surface area contributed by atoms with Crippen molar-refractivity contribution >= 4 is 11.9 Å². The Bertz CT molecular complexity index is 355. The first-order chi connectivity index (χ1) is 6.90. The number of rotatable bonds is 2. The molecular weight excluding hydrogens is 198 g/mol. The number of ether oxygens (including phenoxy) is 2. The second-order valence-electron chi connectivity index (χ2n) is 4.09. The van der Waals surface area contributed by atoms with Gasteiger partial charge in [0.2, 0.25) is 0 Å². The molecule has 0 bridgehead atoms. The summed E-state index contributed by atoms with van der Waals surface area (Å²) in [6, 6.07) is 1.88. The molecule has 0 aliphatic heterocycles. The van der Waals surface area contributed by atoms with Crippen molar-refractivity contribution in [3.05, 3.63) is 0 Å². The van der Waals surface area contributed by atoms with E-state index in [0.29, 0.717) is 0 Å². The molecule has 5 nitrogen and oxygen atoms in total. The largest absolute Gasteiger partial charge is 0.469 e. The van der Waals surface area contributed by atoms with E-state index in [-0.39, 0.29) is 0 Å². The maximum absolute atomic E-state index is 11.5. The number of carbonyl (C=O) groups excluding carboxylic acids is 2. The number of esters is 2. The standard InChI is InChI=1S/C10H13NO4/c1-9(2)6(7(12)14-3)10(9,5-11)8(13)15-4/h6H,1-4H3. The van der Waals surface area contributed by atoms with Gasteiger partial charge >= 0.3 is 11.9 Å². The van der Waals surface area contributed by atoms with Crippen molar-refractivity contribution in [3.63, 3.8) is 0 Å². The van der Waals surface area contributed by atoms with Gasteiger partial charge in [-0.2, -0.15) is 5.26 Å². The Morgan fingerprint density at radius 1 is 1.27 bits per heavy atom. The van der Waals surface area contributed by atoms with E-state index in [1.807, 2.05) is 6.07 Å². The SMILES string of the molecule is COC(=O)C1C(C)(C)C1(C#N)C(=O)OC. The molecule has 2 atom stereocenters. The number of hydrogen-bond donors (Lipinski definition) is 0. The van der Waals surface area contributed by atoms with E-state index in [0.717, 1.165) is 0 Å². The zero-order valence-corrected chi connectivity index (χ0v) is 9.16. The van der Waals surface area contributed by atoms with E-state index in [1.165, 1.54) is 14.2 Å². The van der Waals surface area contributed by atoms with Gasteiger partial charge in [-0.25, -0.2) is 0 Å². The van der Waals surface area contributed by atoms with Crippen molar-refractivity contribution in [1.29, 1.82) is 5.26 Å². The number of hydrogen-bond acceptors (Lipinski definition) is 5. The van der Waals surface area contributed by atoms with Crippen molar-refractivity contribution in [2.75, 3.05) is 14.2 Å². The highest BCUT2D eigenvalue weighted by molar-refractivity contribution is 5.96. The Morgan fingerprint density at radius 2 is 1.80 bits per heavy atom. The fraction of sp³-hybridized carbons (Fsp3) is 0.700. The lowest BCUT2D eigenvalue weighted by Crippen LogP contribution is -2.23. The summed E-state index contributed by atoms with van der Waals surface area (Å²) in [6.45, 7) is 3.35. The molecule has 0 aromatic carbocycles. The molecule has 1 aliphatic carbocycles. The van der Waals surface area contributed by atoms with Crippen LogP contribution in [0.3, 0.4) is 0 Å². The summed E-state index contributed by atoms with van der Waals surface area (Å²) in [5, 5.41) is 9.05. The summed E-state index contributed by atoms with van der Waals surface area (Å²) in [6.07, 6.45) is 0. The fourth-order valence-corrected chi connectivity index (χ4v) is 2.15. The van der Waals surface area contributed by atoms with Crippen molar-refractivity contribution in [2.45, 2.75) is 13.8 Å². The van der Waals surface area contributed by atoms with Gasteiger partial charge in [0.1, 0.15) is 0 Å². The lowest BCUT2D eigenvalue weighted by molar-refractivity contribution is -0.150. The maximum Gasteiger partial charge on any atom is 0.327 e. The van der Waals surface area contributed by atoms with E-state index in [9.17, 15) is 9.59 Å². The van der Waals surface area contributed by atoms with Crippen molar-refractivity contribution in [3.8, 4) is 6.07 Å². The van der Waals surface area contributed by atoms with Gasteiger partial charge in [0, 0.05) is 5.41 Å².